The number of anilines is 1. The van der Waals surface area contributed by atoms with Crippen LogP contribution in [0.25, 0.3) is 27.9 Å². The third-order valence-corrected chi connectivity index (χ3v) is 5.73. The molecule has 0 fully saturated rings. The molecule has 0 saturated carbocycles. The number of nitrogens with one attached hydrogen (secondary N) is 1. The number of ether oxygens (including phenoxy) is 1. The van der Waals surface area contributed by atoms with E-state index in [-0.39, 0.29) is 11.7 Å². The van der Waals surface area contributed by atoms with Crippen LogP contribution in [-0.4, -0.2) is 34.1 Å². The van der Waals surface area contributed by atoms with Crippen LogP contribution in [0, 0.1) is 0 Å². The van der Waals surface area contributed by atoms with Crippen LogP contribution in [0.2, 0.25) is 5.02 Å². The van der Waals surface area contributed by atoms with Crippen LogP contribution in [0.3, 0.4) is 0 Å². The Morgan fingerprint density at radius 2 is 1.88 bits per heavy atom. The van der Waals surface area contributed by atoms with Crippen molar-refractivity contribution in [2.75, 3.05) is 19.4 Å². The van der Waals surface area contributed by atoms with E-state index in [0.717, 1.165) is 25.7 Å². The lowest BCUT2D eigenvalue weighted by molar-refractivity contribution is 0.0955. The maximum absolute atomic E-state index is 13.1. The smallest absolute Gasteiger partial charge is 0.257 e. The van der Waals surface area contributed by atoms with Gasteiger partial charge in [0, 0.05) is 6.54 Å². The Balaban J connectivity index is 1.84. The molecule has 2 aromatic carbocycles. The van der Waals surface area contributed by atoms with Gasteiger partial charge in [-0.15, -0.1) is 0 Å². The third kappa shape index (κ3) is 4.08. The average molecular weight is 452 g/mol. The Morgan fingerprint density at radius 1 is 1.12 bits per heavy atom. The summed E-state index contributed by atoms with van der Waals surface area (Å²) in [5, 5.41) is 3.42. The molecule has 7 nitrogen and oxygen atoms in total. The fraction of sp³-hybridized carbons (Fsp3) is 0.292. The largest absolute Gasteiger partial charge is 0.495 e. The van der Waals surface area contributed by atoms with Gasteiger partial charge in [-0.2, -0.15) is 0 Å². The van der Waals surface area contributed by atoms with Gasteiger partial charge >= 0.3 is 0 Å². The van der Waals surface area contributed by atoms with Crippen molar-refractivity contribution in [2.45, 2.75) is 32.6 Å². The number of rotatable bonds is 8. The highest BCUT2D eigenvalue weighted by atomic mass is 35.5. The second-order valence-corrected chi connectivity index (χ2v) is 8.02. The molecule has 0 unspecified atom stereocenters. The summed E-state index contributed by atoms with van der Waals surface area (Å²) in [7, 11) is 1.56. The summed E-state index contributed by atoms with van der Waals surface area (Å²) < 4.78 is 6.98. The lowest BCUT2D eigenvalue weighted by Crippen LogP contribution is -2.25. The molecule has 0 aliphatic heterocycles. The molecule has 0 bridgehead atoms. The van der Waals surface area contributed by atoms with Crippen LogP contribution in [-0.2, 0) is 0 Å². The average Bonchev–Trinajstić information content (AvgIpc) is 3.07. The zero-order valence-corrected chi connectivity index (χ0v) is 18.9. The maximum atomic E-state index is 13.1. The Labute approximate surface area is 191 Å². The number of carbonyl (C=O) groups excluding carboxylic acids is 1. The SMILES string of the molecule is CCCCCCNC(=O)c1c(N)n(-c2ccc(OC)c(Cl)c2)c2nc3ccccc3nc12. The first-order valence-corrected chi connectivity index (χ1v) is 11.1. The second kappa shape index (κ2) is 9.44. The number of para-hydroxylation sites is 2. The van der Waals surface area contributed by atoms with Gasteiger partial charge in [-0.05, 0) is 36.8 Å². The molecule has 4 aromatic rings. The van der Waals surface area contributed by atoms with E-state index >= 15 is 0 Å². The highest BCUT2D eigenvalue weighted by Crippen LogP contribution is 2.34. The summed E-state index contributed by atoms with van der Waals surface area (Å²) in [6.07, 6.45) is 4.28. The van der Waals surface area contributed by atoms with Crippen LogP contribution in [0.1, 0.15) is 43.0 Å². The molecule has 0 aliphatic carbocycles. The van der Waals surface area contributed by atoms with Gasteiger partial charge in [-0.25, -0.2) is 9.97 Å². The lowest BCUT2D eigenvalue weighted by atomic mass is 10.2. The van der Waals surface area contributed by atoms with E-state index in [2.05, 4.69) is 12.2 Å². The molecule has 2 aromatic heterocycles. The van der Waals surface area contributed by atoms with Gasteiger partial charge in [0.1, 0.15) is 22.6 Å². The van der Waals surface area contributed by atoms with Crippen molar-refractivity contribution < 1.29 is 9.53 Å². The first-order valence-electron chi connectivity index (χ1n) is 10.7. The number of nitrogens with zero attached hydrogens (tertiary/aromatic N) is 3. The molecule has 0 radical (unpaired) electrons. The number of fused-ring (bicyclic) bond motifs is 2. The molecule has 4 rings (SSSR count). The van der Waals surface area contributed by atoms with Crippen LogP contribution in [0.5, 0.6) is 5.75 Å². The Kier molecular flexibility index (Phi) is 6.46. The minimum absolute atomic E-state index is 0.257. The summed E-state index contributed by atoms with van der Waals surface area (Å²) in [5.74, 6) is 0.557. The van der Waals surface area contributed by atoms with Crippen molar-refractivity contribution in [1.29, 1.82) is 0 Å². The minimum Gasteiger partial charge on any atom is -0.495 e. The molecule has 0 atom stereocenters. The number of benzene rings is 2. The molecule has 0 saturated heterocycles. The van der Waals surface area contributed by atoms with Crippen LogP contribution in [0.15, 0.2) is 42.5 Å². The van der Waals surface area contributed by atoms with Gasteiger partial charge in [0.2, 0.25) is 0 Å². The Morgan fingerprint density at radius 3 is 2.56 bits per heavy atom. The van der Waals surface area contributed by atoms with Crippen molar-refractivity contribution in [3.63, 3.8) is 0 Å². The Hall–Kier alpha value is -3.32. The van der Waals surface area contributed by atoms with E-state index in [4.69, 9.17) is 32.0 Å². The second-order valence-electron chi connectivity index (χ2n) is 7.62. The number of halogens is 1. The van der Waals surface area contributed by atoms with Crippen molar-refractivity contribution in [3.05, 3.63) is 53.1 Å². The summed E-state index contributed by atoms with van der Waals surface area (Å²) in [5.41, 5.74) is 9.89. The molecule has 2 heterocycles. The van der Waals surface area contributed by atoms with Crippen molar-refractivity contribution >= 4 is 45.5 Å². The van der Waals surface area contributed by atoms with E-state index in [1.807, 2.05) is 30.3 Å². The number of methoxy groups -OCH3 is 1. The Bertz CT molecular complexity index is 1280. The van der Waals surface area contributed by atoms with Gasteiger partial charge in [0.25, 0.3) is 5.91 Å². The topological polar surface area (TPSA) is 95.1 Å². The minimum atomic E-state index is -0.257. The molecule has 0 spiro atoms. The van der Waals surface area contributed by atoms with E-state index in [9.17, 15) is 4.79 Å². The van der Waals surface area contributed by atoms with Crippen LogP contribution < -0.4 is 15.8 Å². The van der Waals surface area contributed by atoms with E-state index < -0.39 is 0 Å². The first kappa shape index (κ1) is 21.9. The zero-order valence-electron chi connectivity index (χ0n) is 18.2. The molecule has 3 N–H and O–H groups in total. The summed E-state index contributed by atoms with van der Waals surface area (Å²) in [4.78, 5) is 22.7. The number of amides is 1. The summed E-state index contributed by atoms with van der Waals surface area (Å²) >= 11 is 6.36. The highest BCUT2D eigenvalue weighted by Gasteiger charge is 2.25. The molecule has 8 heteroatoms. The fourth-order valence-electron chi connectivity index (χ4n) is 3.78. The van der Waals surface area contributed by atoms with Crippen LogP contribution in [0.4, 0.5) is 5.82 Å². The van der Waals surface area contributed by atoms with Gasteiger partial charge in [-0.3, -0.25) is 9.36 Å². The van der Waals surface area contributed by atoms with E-state index in [0.29, 0.717) is 50.8 Å². The summed E-state index contributed by atoms with van der Waals surface area (Å²) in [6.45, 7) is 2.74. The van der Waals surface area contributed by atoms with Crippen molar-refractivity contribution in [2.24, 2.45) is 0 Å². The van der Waals surface area contributed by atoms with E-state index in [1.54, 1.807) is 23.8 Å². The van der Waals surface area contributed by atoms with Gasteiger partial charge in [0.05, 0.1) is 28.9 Å². The predicted molar refractivity (Wildman–Crippen MR) is 129 cm³/mol. The normalized spacial score (nSPS) is 11.2. The monoisotopic (exact) mass is 451 g/mol. The fourth-order valence-corrected chi connectivity index (χ4v) is 4.04. The zero-order chi connectivity index (χ0) is 22.7. The summed E-state index contributed by atoms with van der Waals surface area (Å²) in [6, 6.07) is 12.8. The molecule has 0 aliphatic rings. The standard InChI is InChI=1S/C24H26ClN5O2/c1-3-4-5-8-13-27-24(31)20-21-23(29-18-10-7-6-9-17(18)28-21)30(22(20)26)15-11-12-19(32-2)16(25)14-15/h6-7,9-12,14H,3-5,8,13,26H2,1-2H3,(H,27,31). The number of hydrogen-bond donors (Lipinski definition) is 2. The highest BCUT2D eigenvalue weighted by molar-refractivity contribution is 6.32. The number of carbonyl (C=O) groups is 1. The van der Waals surface area contributed by atoms with E-state index in [1.165, 1.54) is 0 Å². The molecule has 166 valence electrons. The van der Waals surface area contributed by atoms with Crippen molar-refractivity contribution in [3.8, 4) is 11.4 Å². The van der Waals surface area contributed by atoms with Gasteiger partial charge < -0.3 is 15.8 Å². The number of aromatic nitrogens is 3. The molecule has 1 amide bonds. The quantitative estimate of drug-likeness (QED) is 0.362. The van der Waals surface area contributed by atoms with Gasteiger partial charge in [-0.1, -0.05) is 49.9 Å². The van der Waals surface area contributed by atoms with Gasteiger partial charge in [0.15, 0.2) is 5.65 Å². The maximum Gasteiger partial charge on any atom is 0.257 e. The molecule has 32 heavy (non-hydrogen) atoms. The predicted octanol–water partition coefficient (Wildman–Crippen LogP) is 5.13. The number of nitrogen functional groups attached to an aromatic ring is 1. The first-order chi connectivity index (χ1) is 15.5. The third-order valence-electron chi connectivity index (χ3n) is 5.43. The van der Waals surface area contributed by atoms with Crippen LogP contribution >= 0.6 is 11.6 Å². The molecular formula is C24H26ClN5O2. The number of hydrogen-bond acceptors (Lipinski definition) is 5. The number of nitrogens with two attached hydrogens (primary N) is 1. The molecular weight excluding hydrogens is 426 g/mol. The number of unbranched alkanes of at least 4 members (excludes halogenated alkanes) is 3. The van der Waals surface area contributed by atoms with Crippen molar-refractivity contribution in [1.82, 2.24) is 19.9 Å². The lowest BCUT2D eigenvalue weighted by Gasteiger charge is -2.10.